The molecule has 0 aliphatic carbocycles. The molecule has 0 aromatic heterocycles. The minimum atomic E-state index is 0.160. The first-order chi connectivity index (χ1) is 7.15. The van der Waals surface area contributed by atoms with Crippen LogP contribution in [-0.4, -0.2) is 5.11 Å². The summed E-state index contributed by atoms with van der Waals surface area (Å²) in [4.78, 5) is 0. The van der Waals surface area contributed by atoms with E-state index in [0.717, 1.165) is 11.1 Å². The number of benzene rings is 2. The van der Waals surface area contributed by atoms with E-state index < -0.39 is 0 Å². The van der Waals surface area contributed by atoms with Crippen molar-refractivity contribution in [3.8, 4) is 16.9 Å². The Hall–Kier alpha value is -1.18. The van der Waals surface area contributed by atoms with Gasteiger partial charge in [0.05, 0.1) is 0 Å². The van der Waals surface area contributed by atoms with Gasteiger partial charge in [0.15, 0.2) is 0 Å². The number of phenolic OH excluding ortho intramolecular Hbond substituents is 1. The summed E-state index contributed by atoms with van der Waals surface area (Å²) in [5.74, 6) is 0.160. The third-order valence-corrected chi connectivity index (χ3v) is 2.53. The van der Waals surface area contributed by atoms with Gasteiger partial charge in [0.2, 0.25) is 0 Å². The molecular weight excluding hydrogens is 231 g/mol. The van der Waals surface area contributed by atoms with Crippen LogP contribution in [0, 0.1) is 0 Å². The predicted molar refractivity (Wildman–Crippen MR) is 63.6 cm³/mol. The van der Waals surface area contributed by atoms with Crippen LogP contribution in [0.15, 0.2) is 42.5 Å². The van der Waals surface area contributed by atoms with Gasteiger partial charge in [-0.3, -0.25) is 0 Å². The summed E-state index contributed by atoms with van der Waals surface area (Å²) in [5.41, 5.74) is 1.84. The summed E-state index contributed by atoms with van der Waals surface area (Å²) in [6.07, 6.45) is 0. The summed E-state index contributed by atoms with van der Waals surface area (Å²) >= 11 is 11.6. The van der Waals surface area contributed by atoms with Gasteiger partial charge >= 0.3 is 0 Å². The van der Waals surface area contributed by atoms with E-state index in [1.54, 1.807) is 24.3 Å². The van der Waals surface area contributed by atoms with Crippen LogP contribution >= 0.6 is 23.2 Å². The van der Waals surface area contributed by atoms with Crippen molar-refractivity contribution in [3.05, 3.63) is 52.5 Å². The standard InChI is InChI=1S/C12H8Cl2O/c13-10-3-1-8(2-4-10)9-5-11(14)7-12(15)6-9/h1-7,15H. The minimum absolute atomic E-state index is 0.160. The van der Waals surface area contributed by atoms with Crippen LogP contribution in [0.4, 0.5) is 0 Å². The number of aromatic hydroxyl groups is 1. The van der Waals surface area contributed by atoms with Crippen LogP contribution in [0.5, 0.6) is 5.75 Å². The first-order valence-corrected chi connectivity index (χ1v) is 5.16. The predicted octanol–water partition coefficient (Wildman–Crippen LogP) is 4.37. The van der Waals surface area contributed by atoms with Crippen molar-refractivity contribution in [3.63, 3.8) is 0 Å². The zero-order chi connectivity index (χ0) is 10.8. The lowest BCUT2D eigenvalue weighted by atomic mass is 10.1. The van der Waals surface area contributed by atoms with Crippen molar-refractivity contribution >= 4 is 23.2 Å². The lowest BCUT2D eigenvalue weighted by Crippen LogP contribution is -1.77. The Morgan fingerprint density at radius 2 is 1.40 bits per heavy atom. The molecule has 0 spiro atoms. The molecule has 76 valence electrons. The van der Waals surface area contributed by atoms with Crippen LogP contribution in [0.3, 0.4) is 0 Å². The monoisotopic (exact) mass is 238 g/mol. The smallest absolute Gasteiger partial charge is 0.117 e. The van der Waals surface area contributed by atoms with Crippen molar-refractivity contribution in [2.24, 2.45) is 0 Å². The molecule has 0 atom stereocenters. The highest BCUT2D eigenvalue weighted by atomic mass is 35.5. The van der Waals surface area contributed by atoms with Gasteiger partial charge in [-0.2, -0.15) is 0 Å². The van der Waals surface area contributed by atoms with E-state index in [0.29, 0.717) is 10.0 Å². The van der Waals surface area contributed by atoms with Gasteiger partial charge < -0.3 is 5.11 Å². The van der Waals surface area contributed by atoms with Crippen LogP contribution in [-0.2, 0) is 0 Å². The number of halogens is 2. The number of hydrogen-bond acceptors (Lipinski definition) is 1. The zero-order valence-corrected chi connectivity index (χ0v) is 9.26. The van der Waals surface area contributed by atoms with E-state index in [-0.39, 0.29) is 5.75 Å². The van der Waals surface area contributed by atoms with Gasteiger partial charge in [0, 0.05) is 10.0 Å². The van der Waals surface area contributed by atoms with Gasteiger partial charge in [-0.05, 0) is 41.5 Å². The summed E-state index contributed by atoms with van der Waals surface area (Å²) in [6.45, 7) is 0. The van der Waals surface area contributed by atoms with Gasteiger partial charge in [-0.15, -0.1) is 0 Å². The van der Waals surface area contributed by atoms with Crippen LogP contribution in [0.2, 0.25) is 10.0 Å². The SMILES string of the molecule is Oc1cc(Cl)cc(-c2ccc(Cl)cc2)c1. The molecule has 0 radical (unpaired) electrons. The van der Waals surface area contributed by atoms with E-state index >= 15 is 0 Å². The Balaban J connectivity index is 2.49. The quantitative estimate of drug-likeness (QED) is 0.783. The zero-order valence-electron chi connectivity index (χ0n) is 7.74. The fraction of sp³-hybridized carbons (Fsp3) is 0. The lowest BCUT2D eigenvalue weighted by Gasteiger charge is -2.03. The normalized spacial score (nSPS) is 10.3. The summed E-state index contributed by atoms with van der Waals surface area (Å²) in [7, 11) is 0. The molecule has 0 amide bonds. The maximum atomic E-state index is 9.40. The molecule has 1 nitrogen and oxygen atoms in total. The molecule has 0 heterocycles. The molecule has 0 aliphatic heterocycles. The maximum absolute atomic E-state index is 9.40. The van der Waals surface area contributed by atoms with Crippen molar-refractivity contribution < 1.29 is 5.11 Å². The third-order valence-electron chi connectivity index (χ3n) is 2.06. The highest BCUT2D eigenvalue weighted by Gasteiger charge is 2.01. The van der Waals surface area contributed by atoms with E-state index in [1.807, 2.05) is 12.1 Å². The Labute approximate surface area is 97.9 Å². The fourth-order valence-electron chi connectivity index (χ4n) is 1.38. The van der Waals surface area contributed by atoms with Crippen LogP contribution in [0.1, 0.15) is 0 Å². The molecule has 0 bridgehead atoms. The molecule has 0 saturated carbocycles. The molecule has 0 unspecified atom stereocenters. The average Bonchev–Trinajstić information content (AvgIpc) is 2.17. The molecule has 15 heavy (non-hydrogen) atoms. The average molecular weight is 239 g/mol. The minimum Gasteiger partial charge on any atom is -0.508 e. The summed E-state index contributed by atoms with van der Waals surface area (Å²) < 4.78 is 0. The molecule has 0 fully saturated rings. The molecule has 2 aromatic carbocycles. The Morgan fingerprint density at radius 3 is 2.00 bits per heavy atom. The second-order valence-corrected chi connectivity index (χ2v) is 4.08. The molecule has 1 N–H and O–H groups in total. The summed E-state index contributed by atoms with van der Waals surface area (Å²) in [6, 6.07) is 12.3. The molecule has 0 saturated heterocycles. The highest BCUT2D eigenvalue weighted by molar-refractivity contribution is 6.31. The number of hydrogen-bond donors (Lipinski definition) is 1. The Morgan fingerprint density at radius 1 is 0.733 bits per heavy atom. The lowest BCUT2D eigenvalue weighted by molar-refractivity contribution is 0.475. The first-order valence-electron chi connectivity index (χ1n) is 4.40. The fourth-order valence-corrected chi connectivity index (χ4v) is 1.74. The maximum Gasteiger partial charge on any atom is 0.117 e. The van der Waals surface area contributed by atoms with Crippen molar-refractivity contribution in [2.45, 2.75) is 0 Å². The van der Waals surface area contributed by atoms with E-state index in [9.17, 15) is 5.11 Å². The molecule has 2 rings (SSSR count). The second-order valence-electron chi connectivity index (χ2n) is 3.20. The van der Waals surface area contributed by atoms with Crippen molar-refractivity contribution in [2.75, 3.05) is 0 Å². The first kappa shape index (κ1) is 10.3. The largest absolute Gasteiger partial charge is 0.508 e. The Bertz CT molecular complexity index is 457. The van der Waals surface area contributed by atoms with Crippen molar-refractivity contribution in [1.29, 1.82) is 0 Å². The molecule has 3 heteroatoms. The second kappa shape index (κ2) is 4.13. The third kappa shape index (κ3) is 2.44. The molecular formula is C12H8Cl2O. The van der Waals surface area contributed by atoms with Gasteiger partial charge in [-0.1, -0.05) is 35.3 Å². The molecule has 2 aromatic rings. The van der Waals surface area contributed by atoms with Gasteiger partial charge in [0.1, 0.15) is 5.75 Å². The van der Waals surface area contributed by atoms with E-state index in [4.69, 9.17) is 23.2 Å². The number of rotatable bonds is 1. The number of phenols is 1. The van der Waals surface area contributed by atoms with Crippen LogP contribution < -0.4 is 0 Å². The molecule has 0 aliphatic rings. The van der Waals surface area contributed by atoms with Gasteiger partial charge in [0.25, 0.3) is 0 Å². The van der Waals surface area contributed by atoms with Crippen molar-refractivity contribution in [1.82, 2.24) is 0 Å². The summed E-state index contributed by atoms with van der Waals surface area (Å²) in [5, 5.41) is 10.6. The highest BCUT2D eigenvalue weighted by Crippen LogP contribution is 2.28. The van der Waals surface area contributed by atoms with Crippen LogP contribution in [0.25, 0.3) is 11.1 Å². The Kier molecular flexibility index (Phi) is 2.85. The van der Waals surface area contributed by atoms with E-state index in [1.165, 1.54) is 6.07 Å². The van der Waals surface area contributed by atoms with E-state index in [2.05, 4.69) is 0 Å². The van der Waals surface area contributed by atoms with Gasteiger partial charge in [-0.25, -0.2) is 0 Å². The topological polar surface area (TPSA) is 20.2 Å².